The topological polar surface area (TPSA) is 0 Å². The molecule has 0 aliphatic carbocycles. The van der Waals surface area contributed by atoms with Gasteiger partial charge in [-0.1, -0.05) is 0 Å². The van der Waals surface area contributed by atoms with E-state index in [1.807, 2.05) is 0 Å². The normalized spacial score (nSPS) is 16.2. The van der Waals surface area contributed by atoms with E-state index in [-0.39, 0.29) is 0 Å². The largest absolute Gasteiger partial charge is 0.248 e. The molecule has 8 heavy (non-hydrogen) atoms. The molecule has 0 rings (SSSR count). The van der Waals surface area contributed by atoms with E-state index in [0.717, 1.165) is 0 Å². The van der Waals surface area contributed by atoms with Crippen LogP contribution < -0.4 is 0 Å². The van der Waals surface area contributed by atoms with E-state index in [9.17, 15) is 13.2 Å². The van der Waals surface area contributed by atoms with Crippen molar-refractivity contribution in [2.45, 2.75) is 6.17 Å². The quantitative estimate of drug-likeness (QED) is 0.625. The van der Waals surface area contributed by atoms with Gasteiger partial charge in [0.2, 0.25) is 0 Å². The third-order valence-corrected chi connectivity index (χ3v) is 0.719. The van der Waals surface area contributed by atoms with Crippen LogP contribution >= 0.6 is 15.9 Å². The van der Waals surface area contributed by atoms with Crippen molar-refractivity contribution in [3.63, 3.8) is 0 Å². The van der Waals surface area contributed by atoms with Gasteiger partial charge in [0.15, 0.2) is 10.9 Å². The summed E-state index contributed by atoms with van der Waals surface area (Å²) >= 11 is 2.30. The Morgan fingerprint density at radius 1 is 1.75 bits per heavy atom. The monoisotopic (exact) mass is 188 g/mol. The zero-order valence-corrected chi connectivity index (χ0v) is 5.46. The van der Waals surface area contributed by atoms with Crippen LogP contribution in [0.15, 0.2) is 10.8 Å². The van der Waals surface area contributed by atoms with E-state index < -0.39 is 17.6 Å². The second kappa shape index (κ2) is 3.95. The Morgan fingerprint density at radius 3 is 2.38 bits per heavy atom. The van der Waals surface area contributed by atoms with Gasteiger partial charge in [-0.15, -0.1) is 0 Å². The lowest BCUT2D eigenvalue weighted by atomic mass is 10.4. The number of allylic oxidation sites excluding steroid dienone is 1. The van der Waals surface area contributed by atoms with Crippen molar-refractivity contribution in [3.05, 3.63) is 10.8 Å². The molecular formula is C4H4BrF3. The van der Waals surface area contributed by atoms with Gasteiger partial charge in [0.25, 0.3) is 0 Å². The van der Waals surface area contributed by atoms with Crippen molar-refractivity contribution >= 4 is 15.9 Å². The van der Waals surface area contributed by atoms with Crippen molar-refractivity contribution in [3.8, 4) is 0 Å². The van der Waals surface area contributed by atoms with E-state index in [1.54, 1.807) is 0 Å². The Kier molecular flexibility index (Phi) is 3.95. The highest BCUT2D eigenvalue weighted by atomic mass is 79.9. The fraction of sp³-hybridized carbons (Fsp3) is 0.500. The van der Waals surface area contributed by atoms with Crippen LogP contribution in [0, 0.1) is 0 Å². The molecule has 0 spiro atoms. The molecule has 48 valence electrons. The average molecular weight is 189 g/mol. The standard InChI is InChI=1S/C4H4BrF3/c5-4(8)1-3(7)2-6/h1,3H,2H2. The zero-order chi connectivity index (χ0) is 6.57. The van der Waals surface area contributed by atoms with Gasteiger partial charge < -0.3 is 0 Å². The second-order valence-electron chi connectivity index (χ2n) is 1.13. The van der Waals surface area contributed by atoms with Crippen LogP contribution in [0.25, 0.3) is 0 Å². The van der Waals surface area contributed by atoms with Crippen LogP contribution in [-0.2, 0) is 0 Å². The van der Waals surface area contributed by atoms with Crippen LogP contribution in [0.4, 0.5) is 13.2 Å². The Hall–Kier alpha value is 0.01000. The fourth-order valence-corrected chi connectivity index (χ4v) is 0.468. The molecule has 1 unspecified atom stereocenters. The van der Waals surface area contributed by atoms with Gasteiger partial charge in [-0.05, 0) is 22.0 Å². The Labute approximate surface area is 53.5 Å². The molecule has 0 radical (unpaired) electrons. The van der Waals surface area contributed by atoms with E-state index in [4.69, 9.17) is 0 Å². The molecule has 0 bridgehead atoms. The minimum Gasteiger partial charge on any atom is -0.248 e. The molecule has 4 heteroatoms. The predicted octanol–water partition coefficient (Wildman–Crippen LogP) is 2.50. The van der Waals surface area contributed by atoms with Crippen LogP contribution in [-0.4, -0.2) is 12.8 Å². The molecule has 0 aliphatic heterocycles. The summed E-state index contributed by atoms with van der Waals surface area (Å²) in [6, 6.07) is 0. The lowest BCUT2D eigenvalue weighted by Gasteiger charge is -1.90. The Bertz CT molecular complexity index is 87.3. The van der Waals surface area contributed by atoms with Gasteiger partial charge in [0.05, 0.1) is 0 Å². The third-order valence-electron chi connectivity index (χ3n) is 0.454. The summed E-state index contributed by atoms with van der Waals surface area (Å²) in [6.07, 6.45) is -1.31. The number of hydrogen-bond donors (Lipinski definition) is 0. The van der Waals surface area contributed by atoms with Gasteiger partial charge in [0, 0.05) is 0 Å². The summed E-state index contributed by atoms with van der Waals surface area (Å²) in [5, 5.41) is 0. The SMILES string of the molecule is FCC(F)C=C(F)Br. The summed E-state index contributed by atoms with van der Waals surface area (Å²) in [6.45, 7) is -1.18. The first-order valence-electron chi connectivity index (χ1n) is 1.89. The molecule has 0 aromatic carbocycles. The molecule has 0 saturated carbocycles. The van der Waals surface area contributed by atoms with E-state index >= 15 is 0 Å². The van der Waals surface area contributed by atoms with Gasteiger partial charge in [0.1, 0.15) is 6.67 Å². The lowest BCUT2D eigenvalue weighted by molar-refractivity contribution is 0.307. The molecule has 0 amide bonds. The summed E-state index contributed by atoms with van der Waals surface area (Å²) in [4.78, 5) is 0. The molecule has 0 heterocycles. The van der Waals surface area contributed by atoms with Crippen molar-refractivity contribution < 1.29 is 13.2 Å². The maximum Gasteiger partial charge on any atom is 0.164 e. The molecule has 1 atom stereocenters. The second-order valence-corrected chi connectivity index (χ2v) is 1.88. The van der Waals surface area contributed by atoms with Crippen molar-refractivity contribution in [2.75, 3.05) is 6.67 Å². The van der Waals surface area contributed by atoms with Crippen LogP contribution in [0.5, 0.6) is 0 Å². The molecule has 0 aromatic rings. The zero-order valence-electron chi connectivity index (χ0n) is 3.87. The van der Waals surface area contributed by atoms with Crippen LogP contribution in [0.2, 0.25) is 0 Å². The smallest absolute Gasteiger partial charge is 0.164 e. The van der Waals surface area contributed by atoms with Gasteiger partial charge in [-0.3, -0.25) is 0 Å². The van der Waals surface area contributed by atoms with E-state index in [0.29, 0.717) is 6.08 Å². The maximum atomic E-state index is 11.7. The molecule has 0 N–H and O–H groups in total. The number of alkyl halides is 2. The van der Waals surface area contributed by atoms with Crippen molar-refractivity contribution in [2.24, 2.45) is 0 Å². The van der Waals surface area contributed by atoms with Crippen molar-refractivity contribution in [1.82, 2.24) is 0 Å². The number of hydrogen-bond acceptors (Lipinski definition) is 0. The van der Waals surface area contributed by atoms with Crippen molar-refractivity contribution in [1.29, 1.82) is 0 Å². The minimum atomic E-state index is -1.82. The first-order chi connectivity index (χ1) is 3.66. The van der Waals surface area contributed by atoms with E-state index in [2.05, 4.69) is 15.9 Å². The summed E-state index contributed by atoms with van der Waals surface area (Å²) in [7, 11) is 0. The molecule has 0 aromatic heterocycles. The molecule has 0 fully saturated rings. The Morgan fingerprint density at radius 2 is 2.25 bits per heavy atom. The number of halogens is 4. The van der Waals surface area contributed by atoms with Gasteiger partial charge >= 0.3 is 0 Å². The van der Waals surface area contributed by atoms with Crippen LogP contribution in [0.3, 0.4) is 0 Å². The lowest BCUT2D eigenvalue weighted by Crippen LogP contribution is -1.95. The van der Waals surface area contributed by atoms with E-state index in [1.165, 1.54) is 0 Å². The summed E-state index contributed by atoms with van der Waals surface area (Å²) in [5.41, 5.74) is 0. The fourth-order valence-electron chi connectivity index (χ4n) is 0.181. The molecule has 0 saturated heterocycles. The highest BCUT2D eigenvalue weighted by molar-refractivity contribution is 9.11. The average Bonchev–Trinajstić information content (AvgIpc) is 1.65. The molecule has 0 nitrogen and oxygen atoms in total. The highest BCUT2D eigenvalue weighted by Gasteiger charge is 2.00. The maximum absolute atomic E-state index is 11.7. The molecule has 0 aliphatic rings. The highest BCUT2D eigenvalue weighted by Crippen LogP contribution is 2.08. The first-order valence-corrected chi connectivity index (χ1v) is 2.69. The van der Waals surface area contributed by atoms with Crippen LogP contribution in [0.1, 0.15) is 0 Å². The predicted molar refractivity (Wildman–Crippen MR) is 29.0 cm³/mol. The Balaban J connectivity index is 3.51. The minimum absolute atomic E-state index is 0.514. The number of rotatable bonds is 2. The van der Waals surface area contributed by atoms with Gasteiger partial charge in [-0.2, -0.15) is 4.39 Å². The third kappa shape index (κ3) is 4.18. The van der Waals surface area contributed by atoms with Gasteiger partial charge in [-0.25, -0.2) is 8.78 Å². The first kappa shape index (κ1) is 8.01. The molecular weight excluding hydrogens is 185 g/mol. The summed E-state index contributed by atoms with van der Waals surface area (Å²) in [5.74, 6) is 0. The summed E-state index contributed by atoms with van der Waals surface area (Å²) < 4.78 is 33.4.